The van der Waals surface area contributed by atoms with Gasteiger partial charge >= 0.3 is 70.3 Å². The summed E-state index contributed by atoms with van der Waals surface area (Å²) in [7, 11) is -0.981. The van der Waals surface area contributed by atoms with Gasteiger partial charge in [-0.3, -0.25) is 6.08 Å². The Morgan fingerprint density at radius 1 is 0.837 bits per heavy atom. The molecule has 0 heterocycles. The van der Waals surface area contributed by atoms with Gasteiger partial charge in [-0.1, -0.05) is 113 Å². The molecule has 0 nitrogen and oxygen atoms in total. The van der Waals surface area contributed by atoms with E-state index in [2.05, 4.69) is 152 Å². The average molecular weight is 785 g/mol. The molecule has 0 bridgehead atoms. The number of aryl methyl sites for hydroxylation is 1. The summed E-state index contributed by atoms with van der Waals surface area (Å²) >= 11 is 1.51. The summed E-state index contributed by atoms with van der Waals surface area (Å²) in [6.45, 7) is 26.2. The molecule has 0 saturated carbocycles. The Hall–Kier alpha value is -1.96. The molecule has 49 heavy (non-hydrogen) atoms. The van der Waals surface area contributed by atoms with Gasteiger partial charge in [0.2, 0.25) is 0 Å². The predicted octanol–water partition coefficient (Wildman–Crippen LogP) is 6.37. The van der Waals surface area contributed by atoms with Crippen LogP contribution in [-0.2, 0) is 30.7 Å². The van der Waals surface area contributed by atoms with Gasteiger partial charge in [0.1, 0.15) is 0 Å². The summed E-state index contributed by atoms with van der Waals surface area (Å²) in [4.78, 5) is 0. The molecule has 0 spiro atoms. The van der Waals surface area contributed by atoms with Crippen LogP contribution in [0.2, 0.25) is 19.6 Å². The number of benzene rings is 4. The molecule has 0 aromatic heterocycles. The number of fused-ring (bicyclic) bond motifs is 8. The Labute approximate surface area is 326 Å². The Morgan fingerprint density at radius 3 is 2.00 bits per heavy atom. The van der Waals surface area contributed by atoms with Crippen molar-refractivity contribution in [1.29, 1.82) is 0 Å². The molecule has 0 aliphatic heterocycles. The van der Waals surface area contributed by atoms with Crippen LogP contribution in [-0.4, -0.2) is 11.8 Å². The van der Waals surface area contributed by atoms with Gasteiger partial charge < -0.3 is 24.8 Å². The summed E-state index contributed by atoms with van der Waals surface area (Å²) in [5.74, 6) is 3.94. The van der Waals surface area contributed by atoms with Gasteiger partial charge in [0.05, 0.1) is 0 Å². The van der Waals surface area contributed by atoms with Gasteiger partial charge in [0.15, 0.2) is 0 Å². The third kappa shape index (κ3) is 8.09. The van der Waals surface area contributed by atoms with Crippen LogP contribution in [0.25, 0.3) is 21.9 Å². The van der Waals surface area contributed by atoms with Crippen molar-refractivity contribution >= 4 is 22.6 Å². The molecule has 0 radical (unpaired) electrons. The maximum absolute atomic E-state index is 3.20. The fourth-order valence-corrected chi connectivity index (χ4v) is 9.92. The van der Waals surface area contributed by atoms with Crippen molar-refractivity contribution in [2.45, 2.75) is 99.7 Å². The van der Waals surface area contributed by atoms with Crippen LogP contribution >= 0.6 is 0 Å². The van der Waals surface area contributed by atoms with Crippen molar-refractivity contribution < 1.29 is 49.0 Å². The van der Waals surface area contributed by atoms with Crippen molar-refractivity contribution in [3.63, 3.8) is 0 Å². The summed E-state index contributed by atoms with van der Waals surface area (Å²) in [6, 6.07) is 22.2. The van der Waals surface area contributed by atoms with Gasteiger partial charge in [0.25, 0.3) is 0 Å². The monoisotopic (exact) mass is 782 g/mol. The van der Waals surface area contributed by atoms with E-state index in [1.165, 1.54) is 68.4 Å². The van der Waals surface area contributed by atoms with E-state index in [0.717, 1.165) is 12.8 Å². The fourth-order valence-electron chi connectivity index (χ4n) is 8.09. The molecular formula is C45H54Cl2SiZr-2. The quantitative estimate of drug-likeness (QED) is 0.168. The summed E-state index contributed by atoms with van der Waals surface area (Å²) in [6.07, 6.45) is 9.82. The number of hydrogen-bond acceptors (Lipinski definition) is 0. The molecule has 4 unspecified atom stereocenters. The van der Waals surface area contributed by atoms with E-state index in [-0.39, 0.29) is 24.8 Å². The van der Waals surface area contributed by atoms with Crippen LogP contribution in [0.3, 0.4) is 0 Å². The molecule has 0 amide bonds. The van der Waals surface area contributed by atoms with E-state index in [0.29, 0.717) is 23.7 Å². The predicted molar refractivity (Wildman–Crippen MR) is 206 cm³/mol. The molecule has 4 atom stereocenters. The van der Waals surface area contributed by atoms with E-state index in [1.54, 1.807) is 33.4 Å². The van der Waals surface area contributed by atoms with E-state index in [4.69, 9.17) is 0 Å². The number of allylic oxidation sites excluding steroid dienone is 4. The Bertz CT molecular complexity index is 1850. The van der Waals surface area contributed by atoms with Crippen LogP contribution in [0.5, 0.6) is 0 Å². The molecule has 0 N–H and O–H groups in total. The van der Waals surface area contributed by atoms with Gasteiger partial charge in [-0.15, -0.1) is 17.5 Å². The van der Waals surface area contributed by atoms with Gasteiger partial charge in [-0.25, -0.2) is 11.3 Å². The second kappa shape index (κ2) is 17.0. The van der Waals surface area contributed by atoms with Gasteiger partial charge in [0, 0.05) is 0 Å². The van der Waals surface area contributed by atoms with Crippen LogP contribution in [0.1, 0.15) is 97.4 Å². The third-order valence-electron chi connectivity index (χ3n) is 11.5. The topological polar surface area (TPSA) is 0 Å². The number of halogens is 2. The zero-order valence-electron chi connectivity index (χ0n) is 31.5. The molecular weight excluding hydrogens is 731 g/mol. The molecule has 7 rings (SSSR count). The molecule has 258 valence electrons. The molecule has 0 fully saturated rings. The van der Waals surface area contributed by atoms with Crippen molar-refractivity contribution in [2.24, 2.45) is 11.8 Å². The molecule has 0 saturated heterocycles. The van der Waals surface area contributed by atoms with Crippen molar-refractivity contribution in [3.05, 3.63) is 135 Å². The fraction of sp³-hybridized carbons (Fsp3) is 0.378. The molecule has 4 aromatic rings. The van der Waals surface area contributed by atoms with E-state index < -0.39 is 8.07 Å². The van der Waals surface area contributed by atoms with Crippen LogP contribution in [0, 0.1) is 44.6 Å². The minimum atomic E-state index is -0.981. The van der Waals surface area contributed by atoms with Crippen molar-refractivity contribution in [3.8, 4) is 11.1 Å². The van der Waals surface area contributed by atoms with Crippen LogP contribution in [0.4, 0.5) is 0 Å². The third-order valence-corrected chi connectivity index (χ3v) is 14.1. The molecule has 3 aliphatic rings. The van der Waals surface area contributed by atoms with Crippen LogP contribution < -0.4 is 24.8 Å². The molecule has 4 heteroatoms. The summed E-state index contributed by atoms with van der Waals surface area (Å²) < 4.78 is 2.25. The first-order chi connectivity index (χ1) is 22.3. The van der Waals surface area contributed by atoms with Gasteiger partial charge in [-0.05, 0) is 68.0 Å². The summed E-state index contributed by atoms with van der Waals surface area (Å²) in [5.41, 5.74) is 15.1. The maximum atomic E-state index is 3.20. The van der Waals surface area contributed by atoms with E-state index in [9.17, 15) is 0 Å². The standard InChI is InChI=1S/C29H33.C8H13Si.C8H8.2ClH.Zr/c1-14-13-24-25(18(5)15(14)2)21(8)28-27-20(7)17(4)16(3)19(6)26(27)22-11-9-10-12-23(22)29(24)28;1-9(2,3)8-6-4-5-7-8;1-2-8-6-4-3-5-7-8;;;/h9-13,16-17,19,21H,1-8H3;6-7H,4H2,1-3H3;1,3-7H,2H2;2*1H;/q2*-1;;;;+2/p-2. The second-order valence-electron chi connectivity index (χ2n) is 15.2. The first-order valence-corrected chi connectivity index (χ1v) is 22.5. The zero-order valence-corrected chi connectivity index (χ0v) is 36.5. The number of hydrogen-bond donors (Lipinski definition) is 0. The van der Waals surface area contributed by atoms with Gasteiger partial charge in [-0.2, -0.15) is 17.6 Å². The SMILES string of the molecule is C[Si](C)(C)C1=CC[C-]=C1.Cc1cc2c(c(C)c1C)C(C)c1c3c(c4ccccc4c1-2)C(C)C(C)C(C)[C-]3C.[Cl-].[Cl-].[Zr+2]=[CH]Cc1ccccc1. The Kier molecular flexibility index (Phi) is 14.4. The van der Waals surface area contributed by atoms with E-state index in [1.807, 2.05) is 6.07 Å². The first-order valence-electron chi connectivity index (χ1n) is 17.6. The van der Waals surface area contributed by atoms with Crippen LogP contribution in [0.15, 0.2) is 78.0 Å². The van der Waals surface area contributed by atoms with Crippen molar-refractivity contribution in [1.82, 2.24) is 0 Å². The van der Waals surface area contributed by atoms with Crippen molar-refractivity contribution in [2.75, 3.05) is 0 Å². The normalized spacial score (nSPS) is 19.9. The minimum absolute atomic E-state index is 0. The number of rotatable bonds is 3. The average Bonchev–Trinajstić information content (AvgIpc) is 3.70. The zero-order chi connectivity index (χ0) is 34.2. The molecule has 4 aromatic carbocycles. The first kappa shape index (κ1) is 41.5. The Morgan fingerprint density at radius 2 is 1.45 bits per heavy atom. The Balaban J connectivity index is 0.000000268. The van der Waals surface area contributed by atoms with E-state index >= 15 is 0 Å². The second-order valence-corrected chi connectivity index (χ2v) is 21.3. The summed E-state index contributed by atoms with van der Waals surface area (Å²) in [5, 5.41) is 4.49. The molecule has 3 aliphatic carbocycles.